The third-order valence-electron chi connectivity index (χ3n) is 3.37. The zero-order chi connectivity index (χ0) is 13.1. The highest BCUT2D eigenvalue weighted by Crippen LogP contribution is 2.19. The van der Waals surface area contributed by atoms with E-state index in [1.54, 1.807) is 0 Å². The van der Waals surface area contributed by atoms with Crippen LogP contribution in [0, 0.1) is 0 Å². The Morgan fingerprint density at radius 3 is 2.74 bits per heavy atom. The van der Waals surface area contributed by atoms with E-state index in [0.29, 0.717) is 0 Å². The molecule has 3 rings (SSSR count). The van der Waals surface area contributed by atoms with E-state index >= 15 is 0 Å². The molecule has 0 radical (unpaired) electrons. The van der Waals surface area contributed by atoms with Crippen LogP contribution in [0.5, 0.6) is 0 Å². The number of hydrogen-bond donors (Lipinski definition) is 2. The molecule has 2 N–H and O–H groups in total. The van der Waals surface area contributed by atoms with Crippen molar-refractivity contribution in [1.82, 2.24) is 15.5 Å². The normalized spacial score (nSPS) is 22.1. The van der Waals surface area contributed by atoms with Crippen molar-refractivity contribution in [2.75, 3.05) is 20.1 Å². The summed E-state index contributed by atoms with van der Waals surface area (Å²) in [4.78, 5) is 6.62. The van der Waals surface area contributed by atoms with Gasteiger partial charge in [0.25, 0.3) is 0 Å². The Morgan fingerprint density at radius 2 is 2.05 bits per heavy atom. The van der Waals surface area contributed by atoms with Crippen molar-refractivity contribution >= 4 is 5.84 Å². The van der Waals surface area contributed by atoms with Gasteiger partial charge in [-0.05, 0) is 17.8 Å². The summed E-state index contributed by atoms with van der Waals surface area (Å²) in [5.74, 6) is 0.943. The Hall–Kier alpha value is -2.07. The largest absolute Gasteiger partial charge is 0.361 e. The molecule has 1 unspecified atom stereocenters. The highest BCUT2D eigenvalue weighted by molar-refractivity contribution is 5.99. The molecule has 0 spiro atoms. The summed E-state index contributed by atoms with van der Waals surface area (Å²) in [5, 5.41) is 6.64. The lowest BCUT2D eigenvalue weighted by Crippen LogP contribution is -2.36. The van der Waals surface area contributed by atoms with Crippen LogP contribution in [-0.4, -0.2) is 30.9 Å². The van der Waals surface area contributed by atoms with Gasteiger partial charge in [0, 0.05) is 25.4 Å². The van der Waals surface area contributed by atoms with Crippen molar-refractivity contribution in [2.45, 2.75) is 6.17 Å². The summed E-state index contributed by atoms with van der Waals surface area (Å²) >= 11 is 0. The van der Waals surface area contributed by atoms with E-state index in [2.05, 4.69) is 64.1 Å². The Bertz CT molecular complexity index is 528. The molecule has 2 aliphatic rings. The fraction of sp³-hybridized carbons (Fsp3) is 0.267. The summed E-state index contributed by atoms with van der Waals surface area (Å²) < 4.78 is 0. The Kier molecular flexibility index (Phi) is 3.33. The van der Waals surface area contributed by atoms with Crippen molar-refractivity contribution < 1.29 is 0 Å². The number of nitrogens with one attached hydrogen (secondary N) is 2. The van der Waals surface area contributed by atoms with Crippen molar-refractivity contribution in [3.8, 4) is 0 Å². The molecule has 0 amide bonds. The van der Waals surface area contributed by atoms with Crippen LogP contribution in [-0.2, 0) is 0 Å². The van der Waals surface area contributed by atoms with Crippen LogP contribution in [0.25, 0.3) is 0 Å². The summed E-state index contributed by atoms with van der Waals surface area (Å²) in [6.45, 7) is 1.66. The van der Waals surface area contributed by atoms with Crippen molar-refractivity contribution in [3.05, 3.63) is 59.9 Å². The predicted molar refractivity (Wildman–Crippen MR) is 77.8 cm³/mol. The minimum Gasteiger partial charge on any atom is -0.361 e. The van der Waals surface area contributed by atoms with Gasteiger partial charge in [0.1, 0.15) is 12.0 Å². The van der Waals surface area contributed by atoms with E-state index in [-0.39, 0.29) is 6.17 Å². The molecule has 0 saturated heterocycles. The van der Waals surface area contributed by atoms with Gasteiger partial charge in [-0.2, -0.15) is 0 Å². The number of rotatable bonds is 2. The molecule has 1 aromatic rings. The molecular weight excluding hydrogens is 236 g/mol. The second kappa shape index (κ2) is 5.28. The van der Waals surface area contributed by atoms with E-state index in [1.165, 1.54) is 5.56 Å². The molecule has 19 heavy (non-hydrogen) atoms. The zero-order valence-electron chi connectivity index (χ0n) is 11.0. The average Bonchev–Trinajstić information content (AvgIpc) is 2.49. The molecule has 0 fully saturated rings. The number of hydrogen-bond acceptors (Lipinski definition) is 4. The SMILES string of the molecule is CN1C=CCNC1c1ccc(C2=NCC=CN2)cc1. The third kappa shape index (κ3) is 2.53. The minimum absolute atomic E-state index is 0.250. The molecule has 1 aromatic carbocycles. The van der Waals surface area contributed by atoms with E-state index in [4.69, 9.17) is 0 Å². The van der Waals surface area contributed by atoms with Crippen LogP contribution >= 0.6 is 0 Å². The van der Waals surface area contributed by atoms with Gasteiger partial charge in [0.15, 0.2) is 0 Å². The first-order valence-electron chi connectivity index (χ1n) is 6.53. The number of aliphatic imine (C=N–C) groups is 1. The molecule has 4 heteroatoms. The molecule has 98 valence electrons. The Morgan fingerprint density at radius 1 is 1.21 bits per heavy atom. The molecule has 0 aromatic heterocycles. The smallest absolute Gasteiger partial charge is 0.132 e. The topological polar surface area (TPSA) is 39.7 Å². The zero-order valence-corrected chi connectivity index (χ0v) is 11.0. The van der Waals surface area contributed by atoms with Crippen LogP contribution in [0.3, 0.4) is 0 Å². The van der Waals surface area contributed by atoms with Crippen LogP contribution < -0.4 is 10.6 Å². The van der Waals surface area contributed by atoms with Crippen molar-refractivity contribution in [1.29, 1.82) is 0 Å². The first-order chi connectivity index (χ1) is 9.34. The van der Waals surface area contributed by atoms with Gasteiger partial charge >= 0.3 is 0 Å². The van der Waals surface area contributed by atoms with Gasteiger partial charge in [-0.25, -0.2) is 0 Å². The van der Waals surface area contributed by atoms with Gasteiger partial charge < -0.3 is 10.2 Å². The van der Waals surface area contributed by atoms with Crippen molar-refractivity contribution in [3.63, 3.8) is 0 Å². The maximum Gasteiger partial charge on any atom is 0.132 e. The molecule has 4 nitrogen and oxygen atoms in total. The van der Waals surface area contributed by atoms with Crippen LogP contribution in [0.15, 0.2) is 53.8 Å². The molecule has 0 saturated carbocycles. The first kappa shape index (κ1) is 12.0. The van der Waals surface area contributed by atoms with Crippen LogP contribution in [0.1, 0.15) is 17.3 Å². The highest BCUT2D eigenvalue weighted by Gasteiger charge is 2.16. The lowest BCUT2D eigenvalue weighted by Gasteiger charge is -2.31. The molecule has 0 aliphatic carbocycles. The standard InChI is InChI=1S/C15H18N4/c1-19-11-3-10-18-15(19)13-6-4-12(5-7-13)14-16-8-2-9-17-14/h2-8,11,15,18H,9-10H2,1H3,(H,16,17). The maximum absolute atomic E-state index is 4.44. The van der Waals surface area contributed by atoms with Crippen molar-refractivity contribution in [2.24, 2.45) is 4.99 Å². The fourth-order valence-electron chi connectivity index (χ4n) is 2.36. The quantitative estimate of drug-likeness (QED) is 0.842. The highest BCUT2D eigenvalue weighted by atomic mass is 15.2. The Labute approximate surface area is 113 Å². The molecule has 0 bridgehead atoms. The molecular formula is C15H18N4. The van der Waals surface area contributed by atoms with Gasteiger partial charge in [0.05, 0.1) is 6.54 Å². The van der Waals surface area contributed by atoms with E-state index in [9.17, 15) is 0 Å². The molecule has 2 heterocycles. The van der Waals surface area contributed by atoms with Crippen LogP contribution in [0.2, 0.25) is 0 Å². The number of benzene rings is 1. The number of nitrogens with zero attached hydrogens (tertiary/aromatic N) is 2. The van der Waals surface area contributed by atoms with E-state index in [0.717, 1.165) is 24.5 Å². The van der Waals surface area contributed by atoms with Gasteiger partial charge in [0.2, 0.25) is 0 Å². The van der Waals surface area contributed by atoms with E-state index < -0.39 is 0 Å². The fourth-order valence-corrected chi connectivity index (χ4v) is 2.36. The summed E-state index contributed by atoms with van der Waals surface area (Å²) in [5.41, 5.74) is 2.39. The second-order valence-corrected chi connectivity index (χ2v) is 4.72. The predicted octanol–water partition coefficient (Wildman–Crippen LogP) is 1.60. The van der Waals surface area contributed by atoms with Gasteiger partial charge in [-0.1, -0.05) is 30.3 Å². The maximum atomic E-state index is 4.44. The van der Waals surface area contributed by atoms with Crippen LogP contribution in [0.4, 0.5) is 0 Å². The summed E-state index contributed by atoms with van der Waals surface area (Å²) in [6.07, 6.45) is 8.44. The summed E-state index contributed by atoms with van der Waals surface area (Å²) in [7, 11) is 2.08. The lowest BCUT2D eigenvalue weighted by molar-refractivity contribution is 0.274. The van der Waals surface area contributed by atoms with Gasteiger partial charge in [-0.15, -0.1) is 0 Å². The monoisotopic (exact) mass is 254 g/mol. The summed E-state index contributed by atoms with van der Waals surface area (Å²) in [6, 6.07) is 8.55. The second-order valence-electron chi connectivity index (χ2n) is 4.72. The minimum atomic E-state index is 0.250. The van der Waals surface area contributed by atoms with E-state index in [1.807, 2.05) is 12.3 Å². The average molecular weight is 254 g/mol. The lowest BCUT2D eigenvalue weighted by atomic mass is 10.1. The molecule has 2 aliphatic heterocycles. The van der Waals surface area contributed by atoms with Gasteiger partial charge in [-0.3, -0.25) is 10.3 Å². The third-order valence-corrected chi connectivity index (χ3v) is 3.37. The number of amidine groups is 1. The first-order valence-corrected chi connectivity index (χ1v) is 6.53. The molecule has 1 atom stereocenters. The Balaban J connectivity index is 1.79.